The average molecular weight is 238 g/mol. The molecular weight excluding hydrogens is 227 g/mol. The number of carbonyl (C=O) groups is 1. The van der Waals surface area contributed by atoms with Crippen molar-refractivity contribution >= 4 is 17.0 Å². The Labute approximate surface area is 96.6 Å². The zero-order chi connectivity index (χ0) is 12.4. The van der Waals surface area contributed by atoms with Gasteiger partial charge in [0.05, 0.1) is 19.2 Å². The van der Waals surface area contributed by atoms with Crippen molar-refractivity contribution in [2.45, 2.75) is 6.92 Å². The summed E-state index contributed by atoms with van der Waals surface area (Å²) in [5.41, 5.74) is 0.551. The van der Waals surface area contributed by atoms with Crippen molar-refractivity contribution in [2.24, 2.45) is 0 Å². The first-order valence-corrected chi connectivity index (χ1v) is 5.06. The number of halogens is 1. The first kappa shape index (κ1) is 11.4. The van der Waals surface area contributed by atoms with Crippen molar-refractivity contribution in [3.63, 3.8) is 0 Å². The van der Waals surface area contributed by atoms with Gasteiger partial charge >= 0.3 is 5.97 Å². The van der Waals surface area contributed by atoms with Crippen molar-refractivity contribution in [1.82, 2.24) is 9.97 Å². The number of aromatic nitrogens is 2. The van der Waals surface area contributed by atoms with Gasteiger partial charge in [-0.25, -0.2) is 9.18 Å². The van der Waals surface area contributed by atoms with E-state index in [-0.39, 0.29) is 23.7 Å². The number of H-pyrrole nitrogens is 1. The molecule has 0 radical (unpaired) electrons. The molecule has 0 aliphatic heterocycles. The van der Waals surface area contributed by atoms with Crippen LogP contribution in [0, 0.1) is 5.82 Å². The third kappa shape index (κ3) is 1.93. The molecule has 2 aromatic rings. The molecule has 0 saturated heterocycles. The Morgan fingerprint density at radius 3 is 2.94 bits per heavy atom. The Bertz CT molecular complexity index is 565. The van der Waals surface area contributed by atoms with Crippen LogP contribution in [0.3, 0.4) is 0 Å². The number of imidazole rings is 1. The highest BCUT2D eigenvalue weighted by Gasteiger charge is 2.20. The molecule has 0 aliphatic carbocycles. The smallest absolute Gasteiger partial charge is 0.343 e. The Morgan fingerprint density at radius 2 is 2.29 bits per heavy atom. The summed E-state index contributed by atoms with van der Waals surface area (Å²) in [5, 5.41) is 0. The number of nitrogens with one attached hydrogen (secondary N) is 1. The van der Waals surface area contributed by atoms with E-state index in [1.165, 1.54) is 19.2 Å². The van der Waals surface area contributed by atoms with Crippen LogP contribution < -0.4 is 4.74 Å². The largest absolute Gasteiger partial charge is 0.468 e. The SMILES string of the molecule is CCOC(=O)c1c(F)ccc2[nH]c(OC)nc12. The molecule has 1 aromatic carbocycles. The number of carbonyl (C=O) groups excluding carboxylic acids is 1. The van der Waals surface area contributed by atoms with Gasteiger partial charge in [0, 0.05) is 0 Å². The second kappa shape index (κ2) is 4.40. The van der Waals surface area contributed by atoms with Crippen molar-refractivity contribution in [3.8, 4) is 6.01 Å². The molecule has 0 unspecified atom stereocenters. The van der Waals surface area contributed by atoms with Crippen molar-refractivity contribution in [2.75, 3.05) is 13.7 Å². The van der Waals surface area contributed by atoms with Crippen LogP contribution in [0.4, 0.5) is 4.39 Å². The number of benzene rings is 1. The molecule has 1 heterocycles. The molecular formula is C11H11FN2O3. The summed E-state index contributed by atoms with van der Waals surface area (Å²) in [6.45, 7) is 1.83. The molecule has 0 bridgehead atoms. The molecule has 0 amide bonds. The van der Waals surface area contributed by atoms with E-state index in [4.69, 9.17) is 9.47 Å². The van der Waals surface area contributed by atoms with Gasteiger partial charge in [0.1, 0.15) is 16.9 Å². The number of rotatable bonds is 3. The number of methoxy groups -OCH3 is 1. The molecule has 1 aromatic heterocycles. The molecule has 0 saturated carbocycles. The molecule has 17 heavy (non-hydrogen) atoms. The summed E-state index contributed by atoms with van der Waals surface area (Å²) >= 11 is 0. The highest BCUT2D eigenvalue weighted by molar-refractivity contribution is 6.02. The molecule has 0 fully saturated rings. The molecule has 1 N–H and O–H groups in total. The van der Waals surface area contributed by atoms with E-state index in [0.29, 0.717) is 5.52 Å². The number of hydrogen-bond donors (Lipinski definition) is 1. The van der Waals surface area contributed by atoms with Crippen LogP contribution in [0.15, 0.2) is 12.1 Å². The van der Waals surface area contributed by atoms with Crippen LogP contribution >= 0.6 is 0 Å². The molecule has 6 heteroatoms. The van der Waals surface area contributed by atoms with Gasteiger partial charge in [0.15, 0.2) is 0 Å². The molecule has 90 valence electrons. The monoisotopic (exact) mass is 238 g/mol. The van der Waals surface area contributed by atoms with Gasteiger partial charge in [-0.1, -0.05) is 0 Å². The van der Waals surface area contributed by atoms with E-state index >= 15 is 0 Å². The standard InChI is InChI=1S/C11H11FN2O3/c1-3-17-10(15)8-6(12)4-5-7-9(8)14-11(13-7)16-2/h4-5H,3H2,1-2H3,(H,13,14). The zero-order valence-electron chi connectivity index (χ0n) is 9.41. The first-order chi connectivity index (χ1) is 8.17. The Hall–Kier alpha value is -2.11. The number of esters is 1. The lowest BCUT2D eigenvalue weighted by atomic mass is 10.2. The Balaban J connectivity index is 2.62. The lowest BCUT2D eigenvalue weighted by Crippen LogP contribution is -2.08. The highest BCUT2D eigenvalue weighted by Crippen LogP contribution is 2.23. The fourth-order valence-corrected chi connectivity index (χ4v) is 1.52. The van der Waals surface area contributed by atoms with Crippen LogP contribution in [0.5, 0.6) is 6.01 Å². The van der Waals surface area contributed by atoms with E-state index in [2.05, 4.69) is 9.97 Å². The molecule has 2 rings (SSSR count). The second-order valence-corrected chi connectivity index (χ2v) is 3.29. The topological polar surface area (TPSA) is 64.2 Å². The lowest BCUT2D eigenvalue weighted by molar-refractivity contribution is 0.0523. The Morgan fingerprint density at radius 1 is 1.53 bits per heavy atom. The van der Waals surface area contributed by atoms with E-state index < -0.39 is 11.8 Å². The number of ether oxygens (including phenoxy) is 2. The summed E-state index contributed by atoms with van der Waals surface area (Å²) in [7, 11) is 1.43. The number of hydrogen-bond acceptors (Lipinski definition) is 4. The van der Waals surface area contributed by atoms with E-state index in [9.17, 15) is 9.18 Å². The molecule has 0 spiro atoms. The third-order valence-corrected chi connectivity index (χ3v) is 2.25. The number of nitrogens with zero attached hydrogens (tertiary/aromatic N) is 1. The van der Waals surface area contributed by atoms with E-state index in [0.717, 1.165) is 0 Å². The Kier molecular flexibility index (Phi) is 2.95. The van der Waals surface area contributed by atoms with Crippen molar-refractivity contribution in [3.05, 3.63) is 23.5 Å². The third-order valence-electron chi connectivity index (χ3n) is 2.25. The van der Waals surface area contributed by atoms with Gasteiger partial charge in [0.25, 0.3) is 6.01 Å². The molecule has 0 aliphatic rings. The van der Waals surface area contributed by atoms with Gasteiger partial charge in [-0.2, -0.15) is 4.98 Å². The minimum atomic E-state index is -0.732. The van der Waals surface area contributed by atoms with Gasteiger partial charge in [-0.3, -0.25) is 0 Å². The fraction of sp³-hybridized carbons (Fsp3) is 0.273. The summed E-state index contributed by atoms with van der Waals surface area (Å²) in [6, 6.07) is 2.89. The van der Waals surface area contributed by atoms with Crippen LogP contribution in [-0.2, 0) is 4.74 Å². The van der Waals surface area contributed by atoms with Crippen LogP contribution in [0.1, 0.15) is 17.3 Å². The molecule has 5 nitrogen and oxygen atoms in total. The average Bonchev–Trinajstić information content (AvgIpc) is 2.71. The fourth-order valence-electron chi connectivity index (χ4n) is 1.52. The van der Waals surface area contributed by atoms with E-state index in [1.54, 1.807) is 6.92 Å². The summed E-state index contributed by atoms with van der Waals surface area (Å²) < 4.78 is 23.3. The predicted molar refractivity (Wildman–Crippen MR) is 58.6 cm³/mol. The van der Waals surface area contributed by atoms with Crippen LogP contribution in [0.2, 0.25) is 0 Å². The highest BCUT2D eigenvalue weighted by atomic mass is 19.1. The van der Waals surface area contributed by atoms with Crippen LogP contribution in [-0.4, -0.2) is 29.7 Å². The maximum atomic E-state index is 13.6. The maximum absolute atomic E-state index is 13.6. The normalized spacial score (nSPS) is 10.5. The van der Waals surface area contributed by atoms with Gasteiger partial charge in [-0.05, 0) is 19.1 Å². The number of fused-ring (bicyclic) bond motifs is 1. The van der Waals surface area contributed by atoms with Crippen LogP contribution in [0.25, 0.3) is 11.0 Å². The predicted octanol–water partition coefficient (Wildman–Crippen LogP) is 1.89. The van der Waals surface area contributed by atoms with Crippen molar-refractivity contribution < 1.29 is 18.7 Å². The summed E-state index contributed by atoms with van der Waals surface area (Å²) in [4.78, 5) is 18.4. The minimum absolute atomic E-state index is 0.177. The van der Waals surface area contributed by atoms with Crippen molar-refractivity contribution in [1.29, 1.82) is 0 Å². The maximum Gasteiger partial charge on any atom is 0.343 e. The van der Waals surface area contributed by atoms with Gasteiger partial charge in [0.2, 0.25) is 0 Å². The van der Waals surface area contributed by atoms with Gasteiger partial charge < -0.3 is 14.5 Å². The summed E-state index contributed by atoms with van der Waals surface area (Å²) in [6.07, 6.45) is 0. The lowest BCUT2D eigenvalue weighted by Gasteiger charge is -2.03. The zero-order valence-corrected chi connectivity index (χ0v) is 9.41. The van der Waals surface area contributed by atoms with E-state index in [1.807, 2.05) is 0 Å². The minimum Gasteiger partial charge on any atom is -0.468 e. The van der Waals surface area contributed by atoms with Gasteiger partial charge in [-0.15, -0.1) is 0 Å². The number of aromatic amines is 1. The quantitative estimate of drug-likeness (QED) is 0.829. The summed E-state index contributed by atoms with van der Waals surface area (Å²) in [5.74, 6) is -1.39. The second-order valence-electron chi connectivity index (χ2n) is 3.29. The molecule has 0 atom stereocenters. The first-order valence-electron chi connectivity index (χ1n) is 5.06.